The van der Waals surface area contributed by atoms with Crippen LogP contribution in [0.2, 0.25) is 0 Å². The van der Waals surface area contributed by atoms with Crippen LogP contribution in [0.4, 0.5) is 0 Å². The third-order valence-corrected chi connectivity index (χ3v) is 2.07. The van der Waals surface area contributed by atoms with Gasteiger partial charge in [0.15, 0.2) is 0 Å². The first-order chi connectivity index (χ1) is 4.20. The van der Waals surface area contributed by atoms with Crippen LogP contribution < -0.4 is 5.19 Å². The van der Waals surface area contributed by atoms with Crippen molar-refractivity contribution in [3.63, 3.8) is 0 Å². The van der Waals surface area contributed by atoms with Crippen molar-refractivity contribution in [1.29, 1.82) is 0 Å². The van der Waals surface area contributed by atoms with E-state index in [1.165, 1.54) is 16.3 Å². The van der Waals surface area contributed by atoms with E-state index in [2.05, 4.69) is 42.3 Å². The van der Waals surface area contributed by atoms with Crippen molar-refractivity contribution in [2.45, 2.75) is 13.8 Å². The molecule has 1 aromatic carbocycles. The van der Waals surface area contributed by atoms with Gasteiger partial charge in [0.2, 0.25) is 0 Å². The number of benzene rings is 1. The Hall–Kier alpha value is -0.563. The van der Waals surface area contributed by atoms with Gasteiger partial charge in [-0.25, -0.2) is 0 Å². The normalized spacial score (nSPS) is 9.67. The first kappa shape index (κ1) is 6.56. The fourth-order valence-electron chi connectivity index (χ4n) is 0.826. The second kappa shape index (κ2) is 2.36. The molecule has 1 heteroatoms. The molecule has 0 saturated heterocycles. The molecule has 1 rings (SSSR count). The Balaban J connectivity index is 3.17. The van der Waals surface area contributed by atoms with E-state index in [1.54, 1.807) is 0 Å². The molecule has 0 spiro atoms. The maximum Gasteiger partial charge on any atom is 0.0589 e. The summed E-state index contributed by atoms with van der Waals surface area (Å²) in [6.07, 6.45) is 0. The summed E-state index contributed by atoms with van der Waals surface area (Å²) >= 11 is 0. The zero-order valence-corrected chi connectivity index (χ0v) is 6.96. The Morgan fingerprint density at radius 2 is 1.89 bits per heavy atom. The molecule has 0 aliphatic heterocycles. The van der Waals surface area contributed by atoms with Crippen LogP contribution in [0.3, 0.4) is 0 Å². The van der Waals surface area contributed by atoms with Gasteiger partial charge in [-0.1, -0.05) is 34.5 Å². The molecule has 1 aromatic rings. The quantitative estimate of drug-likeness (QED) is 0.461. The zero-order chi connectivity index (χ0) is 6.85. The first-order valence-corrected chi connectivity index (χ1v) is 3.60. The van der Waals surface area contributed by atoms with Gasteiger partial charge < -0.3 is 0 Å². The molecule has 0 aliphatic rings. The molecule has 46 valence electrons. The molecule has 0 fully saturated rings. The van der Waals surface area contributed by atoms with Crippen molar-refractivity contribution in [3.05, 3.63) is 29.3 Å². The summed E-state index contributed by atoms with van der Waals surface area (Å²) in [5, 5.41) is 1.29. The van der Waals surface area contributed by atoms with Crippen molar-refractivity contribution in [2.75, 3.05) is 0 Å². The van der Waals surface area contributed by atoms with Crippen LogP contribution in [-0.4, -0.2) is 10.2 Å². The number of hydrogen-bond acceptors (Lipinski definition) is 0. The minimum absolute atomic E-state index is 1.29. The van der Waals surface area contributed by atoms with Crippen molar-refractivity contribution in [1.82, 2.24) is 0 Å². The highest BCUT2D eigenvalue weighted by Gasteiger charge is 1.89. The van der Waals surface area contributed by atoms with Crippen LogP contribution in [0.15, 0.2) is 18.2 Å². The monoisotopic (exact) mass is 134 g/mol. The number of hydrogen-bond donors (Lipinski definition) is 0. The van der Waals surface area contributed by atoms with Crippen LogP contribution in [0, 0.1) is 13.8 Å². The van der Waals surface area contributed by atoms with E-state index in [4.69, 9.17) is 0 Å². The van der Waals surface area contributed by atoms with Gasteiger partial charge >= 0.3 is 0 Å². The smallest absolute Gasteiger partial charge is 0.0589 e. The van der Waals surface area contributed by atoms with Crippen LogP contribution in [-0.2, 0) is 0 Å². The van der Waals surface area contributed by atoms with E-state index in [0.29, 0.717) is 0 Å². The fourth-order valence-corrected chi connectivity index (χ4v) is 1.01. The van der Waals surface area contributed by atoms with Crippen LogP contribution in [0.1, 0.15) is 11.1 Å². The lowest BCUT2D eigenvalue weighted by Gasteiger charge is -1.98. The Bertz CT molecular complexity index is 216. The minimum atomic E-state index is 1.29. The Kier molecular flexibility index (Phi) is 1.72. The Labute approximate surface area is 59.3 Å². The lowest BCUT2D eigenvalue weighted by Crippen LogP contribution is -2.05. The van der Waals surface area contributed by atoms with E-state index in [9.17, 15) is 0 Å². The summed E-state index contributed by atoms with van der Waals surface area (Å²) in [7, 11) is 2.71. The second-order valence-corrected chi connectivity index (χ2v) is 2.98. The maximum atomic E-state index is 2.71. The SMILES string of the molecule is Cc1ccc([SiH])c(C)c1. The Morgan fingerprint density at radius 1 is 1.22 bits per heavy atom. The van der Waals surface area contributed by atoms with Crippen LogP contribution in [0.5, 0.6) is 0 Å². The number of aryl methyl sites for hydroxylation is 2. The summed E-state index contributed by atoms with van der Waals surface area (Å²) in [6.45, 7) is 4.23. The van der Waals surface area contributed by atoms with Gasteiger partial charge in [-0.3, -0.25) is 0 Å². The lowest BCUT2D eigenvalue weighted by atomic mass is 10.2. The van der Waals surface area contributed by atoms with Crippen molar-refractivity contribution < 1.29 is 0 Å². The summed E-state index contributed by atoms with van der Waals surface area (Å²) < 4.78 is 0. The third-order valence-electron chi connectivity index (χ3n) is 1.43. The molecule has 0 N–H and O–H groups in total. The van der Waals surface area contributed by atoms with Gasteiger partial charge in [-0.2, -0.15) is 0 Å². The van der Waals surface area contributed by atoms with Crippen molar-refractivity contribution >= 4 is 15.4 Å². The topological polar surface area (TPSA) is 0 Å². The van der Waals surface area contributed by atoms with Gasteiger partial charge in [0.25, 0.3) is 0 Å². The highest BCUT2D eigenvalue weighted by molar-refractivity contribution is 6.33. The molecule has 0 nitrogen and oxygen atoms in total. The molecule has 0 heterocycles. The molecular weight excluding hydrogens is 124 g/mol. The second-order valence-electron chi connectivity index (χ2n) is 2.36. The zero-order valence-electron chi connectivity index (χ0n) is 5.81. The van der Waals surface area contributed by atoms with Gasteiger partial charge in [0.05, 0.1) is 10.2 Å². The fraction of sp³-hybridized carbons (Fsp3) is 0.250. The standard InChI is InChI=1S/C8H10Si/c1-6-3-4-8(9)7(2)5-6/h3-5,9H,1-2H3. The van der Waals surface area contributed by atoms with Gasteiger partial charge in [-0.05, 0) is 13.8 Å². The highest BCUT2D eigenvalue weighted by Crippen LogP contribution is 1.97. The predicted octanol–water partition coefficient (Wildman–Crippen LogP) is 0.830. The molecule has 0 atom stereocenters. The molecule has 0 amide bonds. The van der Waals surface area contributed by atoms with Crippen molar-refractivity contribution in [2.24, 2.45) is 0 Å². The van der Waals surface area contributed by atoms with E-state index >= 15 is 0 Å². The summed E-state index contributed by atoms with van der Waals surface area (Å²) in [6, 6.07) is 6.42. The van der Waals surface area contributed by atoms with Crippen LogP contribution >= 0.6 is 0 Å². The lowest BCUT2D eigenvalue weighted by molar-refractivity contribution is 1.41. The molecule has 9 heavy (non-hydrogen) atoms. The molecule has 0 saturated carbocycles. The summed E-state index contributed by atoms with van der Waals surface area (Å²) in [5.41, 5.74) is 2.68. The van der Waals surface area contributed by atoms with E-state index in [0.717, 1.165) is 0 Å². The largest absolute Gasteiger partial charge is 0.0657 e. The van der Waals surface area contributed by atoms with E-state index in [1.807, 2.05) is 0 Å². The van der Waals surface area contributed by atoms with Gasteiger partial charge in [0, 0.05) is 0 Å². The molecule has 0 aromatic heterocycles. The van der Waals surface area contributed by atoms with Gasteiger partial charge in [0.1, 0.15) is 0 Å². The summed E-state index contributed by atoms with van der Waals surface area (Å²) in [5.74, 6) is 0. The average molecular weight is 134 g/mol. The van der Waals surface area contributed by atoms with Crippen LogP contribution in [0.25, 0.3) is 0 Å². The van der Waals surface area contributed by atoms with Gasteiger partial charge in [-0.15, -0.1) is 0 Å². The molecule has 0 bridgehead atoms. The first-order valence-electron chi connectivity index (χ1n) is 3.03. The molecule has 2 radical (unpaired) electrons. The summed E-state index contributed by atoms with van der Waals surface area (Å²) in [4.78, 5) is 0. The maximum absolute atomic E-state index is 2.71. The van der Waals surface area contributed by atoms with E-state index in [-0.39, 0.29) is 0 Å². The molecule has 0 aliphatic carbocycles. The van der Waals surface area contributed by atoms with E-state index < -0.39 is 0 Å². The number of rotatable bonds is 0. The average Bonchev–Trinajstić information content (AvgIpc) is 1.80. The van der Waals surface area contributed by atoms with Crippen molar-refractivity contribution in [3.8, 4) is 0 Å². The Morgan fingerprint density at radius 3 is 2.33 bits per heavy atom. The minimum Gasteiger partial charge on any atom is -0.0657 e. The third kappa shape index (κ3) is 1.42. The highest BCUT2D eigenvalue weighted by atomic mass is 28.1. The molecule has 0 unspecified atom stereocenters. The predicted molar refractivity (Wildman–Crippen MR) is 42.7 cm³/mol. The molecular formula is C8H10Si.